The summed E-state index contributed by atoms with van der Waals surface area (Å²) in [6.07, 6.45) is 0. The zero-order chi connectivity index (χ0) is 19.0. The highest BCUT2D eigenvalue weighted by Crippen LogP contribution is 2.24. The van der Waals surface area contributed by atoms with Crippen LogP contribution in [0.15, 0.2) is 65.1 Å². The second-order valence-corrected chi connectivity index (χ2v) is 7.49. The fraction of sp³-hybridized carbons (Fsp3) is 0.0909. The molecule has 0 unspecified atom stereocenters. The number of H-pyrrole nitrogens is 1. The number of hydrogen-bond acceptors (Lipinski definition) is 2. The Hall–Kier alpha value is -2.92. The Morgan fingerprint density at radius 2 is 1.63 bits per heavy atom. The molecule has 0 aliphatic heterocycles. The first-order valence-electron chi connectivity index (χ1n) is 8.64. The third-order valence-corrected chi connectivity index (χ3v) is 5.15. The van der Waals surface area contributed by atoms with Crippen LogP contribution in [0.3, 0.4) is 0 Å². The Bertz CT molecular complexity index is 1090. The lowest BCUT2D eigenvalue weighted by Gasteiger charge is -2.06. The summed E-state index contributed by atoms with van der Waals surface area (Å²) >= 11 is 3.37. The second-order valence-electron chi connectivity index (χ2n) is 6.58. The van der Waals surface area contributed by atoms with Gasteiger partial charge in [0.2, 0.25) is 0 Å². The molecule has 4 nitrogen and oxygen atoms in total. The van der Waals surface area contributed by atoms with Gasteiger partial charge in [-0.05, 0) is 85.6 Å². The molecule has 0 atom stereocenters. The maximum atomic E-state index is 12.3. The summed E-state index contributed by atoms with van der Waals surface area (Å²) in [5.41, 5.74) is 6.79. The Balaban J connectivity index is 1.55. The summed E-state index contributed by atoms with van der Waals surface area (Å²) in [7, 11) is 0. The van der Waals surface area contributed by atoms with Crippen LogP contribution in [0, 0.1) is 13.8 Å². The van der Waals surface area contributed by atoms with E-state index in [2.05, 4.69) is 57.2 Å². The Morgan fingerprint density at radius 1 is 0.963 bits per heavy atom. The van der Waals surface area contributed by atoms with Crippen LogP contribution in [0.4, 0.5) is 5.69 Å². The summed E-state index contributed by atoms with van der Waals surface area (Å²) in [4.78, 5) is 20.4. The molecule has 1 aromatic heterocycles. The first-order chi connectivity index (χ1) is 13.0. The monoisotopic (exact) mass is 419 g/mol. The Labute approximate surface area is 165 Å². The highest BCUT2D eigenvalue weighted by molar-refractivity contribution is 9.10. The van der Waals surface area contributed by atoms with Crippen LogP contribution in [0.1, 0.15) is 21.5 Å². The number of amides is 1. The van der Waals surface area contributed by atoms with E-state index >= 15 is 0 Å². The van der Waals surface area contributed by atoms with Gasteiger partial charge in [0, 0.05) is 21.3 Å². The number of benzene rings is 3. The number of hydrogen-bond donors (Lipinski definition) is 2. The van der Waals surface area contributed by atoms with E-state index in [-0.39, 0.29) is 5.91 Å². The van der Waals surface area contributed by atoms with E-state index in [1.54, 1.807) is 12.1 Å². The minimum absolute atomic E-state index is 0.134. The van der Waals surface area contributed by atoms with Crippen LogP contribution in [0.5, 0.6) is 0 Å². The van der Waals surface area contributed by atoms with E-state index in [0.717, 1.165) is 32.6 Å². The third kappa shape index (κ3) is 3.64. The average molecular weight is 420 g/mol. The van der Waals surface area contributed by atoms with Gasteiger partial charge in [0.25, 0.3) is 5.91 Å². The minimum atomic E-state index is -0.134. The van der Waals surface area contributed by atoms with Crippen molar-refractivity contribution < 1.29 is 4.79 Å². The van der Waals surface area contributed by atoms with Crippen molar-refractivity contribution in [2.75, 3.05) is 5.32 Å². The van der Waals surface area contributed by atoms with Crippen molar-refractivity contribution in [1.82, 2.24) is 9.97 Å². The van der Waals surface area contributed by atoms with E-state index in [9.17, 15) is 4.79 Å². The maximum absolute atomic E-state index is 12.3. The molecule has 2 N–H and O–H groups in total. The smallest absolute Gasteiger partial charge is 0.255 e. The van der Waals surface area contributed by atoms with Gasteiger partial charge in [-0.2, -0.15) is 0 Å². The fourth-order valence-electron chi connectivity index (χ4n) is 2.92. The Kier molecular flexibility index (Phi) is 4.54. The Morgan fingerprint density at radius 3 is 2.33 bits per heavy atom. The van der Waals surface area contributed by atoms with Crippen molar-refractivity contribution in [2.45, 2.75) is 13.8 Å². The van der Waals surface area contributed by atoms with Crippen LogP contribution in [0.25, 0.3) is 22.4 Å². The van der Waals surface area contributed by atoms with Crippen LogP contribution >= 0.6 is 15.9 Å². The van der Waals surface area contributed by atoms with E-state index in [0.29, 0.717) is 5.56 Å². The lowest BCUT2D eigenvalue weighted by atomic mass is 10.1. The largest absolute Gasteiger partial charge is 0.338 e. The van der Waals surface area contributed by atoms with Gasteiger partial charge in [-0.25, -0.2) is 4.98 Å². The second kappa shape index (κ2) is 7.00. The maximum Gasteiger partial charge on any atom is 0.255 e. The molecule has 4 rings (SSSR count). The molecule has 3 aromatic carbocycles. The number of nitrogens with zero attached hydrogens (tertiary/aromatic N) is 1. The molecule has 1 heterocycles. The summed E-state index contributed by atoms with van der Waals surface area (Å²) in [5, 5.41) is 2.91. The molecule has 134 valence electrons. The van der Waals surface area contributed by atoms with Gasteiger partial charge in [0.15, 0.2) is 0 Å². The molecule has 0 radical (unpaired) electrons. The normalized spacial score (nSPS) is 10.9. The van der Waals surface area contributed by atoms with E-state index in [1.165, 1.54) is 11.1 Å². The number of nitrogens with one attached hydrogen (secondary N) is 2. The van der Waals surface area contributed by atoms with Crippen molar-refractivity contribution in [3.05, 3.63) is 81.8 Å². The molecular weight excluding hydrogens is 402 g/mol. The summed E-state index contributed by atoms with van der Waals surface area (Å²) in [6, 6.07) is 19.2. The predicted molar refractivity (Wildman–Crippen MR) is 113 cm³/mol. The molecule has 27 heavy (non-hydrogen) atoms. The zero-order valence-electron chi connectivity index (χ0n) is 15.0. The summed E-state index contributed by atoms with van der Waals surface area (Å²) < 4.78 is 0.944. The highest BCUT2D eigenvalue weighted by atomic mass is 79.9. The number of fused-ring (bicyclic) bond motifs is 1. The van der Waals surface area contributed by atoms with E-state index in [1.807, 2.05) is 36.4 Å². The zero-order valence-corrected chi connectivity index (χ0v) is 16.6. The van der Waals surface area contributed by atoms with Gasteiger partial charge in [0.1, 0.15) is 5.82 Å². The van der Waals surface area contributed by atoms with Crippen molar-refractivity contribution in [1.29, 1.82) is 0 Å². The van der Waals surface area contributed by atoms with Gasteiger partial charge < -0.3 is 10.3 Å². The molecule has 4 aromatic rings. The number of rotatable bonds is 3. The number of anilines is 1. The number of carbonyl (C=O) groups excluding carboxylic acids is 1. The first-order valence-corrected chi connectivity index (χ1v) is 9.43. The number of aryl methyl sites for hydroxylation is 2. The van der Waals surface area contributed by atoms with Crippen LogP contribution < -0.4 is 5.32 Å². The third-order valence-electron chi connectivity index (χ3n) is 4.62. The molecule has 1 amide bonds. The standard InChI is InChI=1S/C22H18BrN3O/c1-13-11-19-20(12-14(13)2)26-21(25-19)15-5-9-18(10-6-15)24-22(27)16-3-7-17(23)8-4-16/h3-12H,1-2H3,(H,24,27)(H,25,26). The van der Waals surface area contributed by atoms with Crippen LogP contribution in [0.2, 0.25) is 0 Å². The molecule has 0 saturated carbocycles. The molecule has 0 aliphatic rings. The number of carbonyl (C=O) groups is 1. The van der Waals surface area contributed by atoms with Crippen molar-refractivity contribution in [2.24, 2.45) is 0 Å². The van der Waals surface area contributed by atoms with Crippen LogP contribution in [-0.2, 0) is 0 Å². The van der Waals surface area contributed by atoms with Crippen LogP contribution in [-0.4, -0.2) is 15.9 Å². The lowest BCUT2D eigenvalue weighted by Crippen LogP contribution is -2.11. The van der Waals surface area contributed by atoms with Crippen molar-refractivity contribution in [3.8, 4) is 11.4 Å². The topological polar surface area (TPSA) is 57.8 Å². The summed E-state index contributed by atoms with van der Waals surface area (Å²) in [6.45, 7) is 4.18. The number of aromatic nitrogens is 2. The average Bonchev–Trinajstić information content (AvgIpc) is 3.06. The molecular formula is C22H18BrN3O. The number of aromatic amines is 1. The molecule has 0 spiro atoms. The van der Waals surface area contributed by atoms with E-state index in [4.69, 9.17) is 0 Å². The van der Waals surface area contributed by atoms with Gasteiger partial charge in [-0.3, -0.25) is 4.79 Å². The number of halogens is 1. The molecule has 0 fully saturated rings. The molecule has 0 saturated heterocycles. The quantitative estimate of drug-likeness (QED) is 0.436. The van der Waals surface area contributed by atoms with Crippen molar-refractivity contribution in [3.63, 3.8) is 0 Å². The predicted octanol–water partition coefficient (Wildman–Crippen LogP) is 5.86. The van der Waals surface area contributed by atoms with E-state index < -0.39 is 0 Å². The fourth-order valence-corrected chi connectivity index (χ4v) is 3.19. The number of imidazole rings is 1. The molecule has 0 bridgehead atoms. The van der Waals surface area contributed by atoms with Gasteiger partial charge >= 0.3 is 0 Å². The molecule has 5 heteroatoms. The first kappa shape index (κ1) is 17.5. The lowest BCUT2D eigenvalue weighted by molar-refractivity contribution is 0.102. The van der Waals surface area contributed by atoms with Gasteiger partial charge in [-0.15, -0.1) is 0 Å². The van der Waals surface area contributed by atoms with Crippen molar-refractivity contribution >= 4 is 38.6 Å². The SMILES string of the molecule is Cc1cc2nc(-c3ccc(NC(=O)c4ccc(Br)cc4)cc3)[nH]c2cc1C. The van der Waals surface area contributed by atoms with Gasteiger partial charge in [-0.1, -0.05) is 15.9 Å². The van der Waals surface area contributed by atoms with Gasteiger partial charge in [0.05, 0.1) is 11.0 Å². The highest BCUT2D eigenvalue weighted by Gasteiger charge is 2.09. The molecule has 0 aliphatic carbocycles. The summed E-state index contributed by atoms with van der Waals surface area (Å²) in [5.74, 6) is 0.686. The minimum Gasteiger partial charge on any atom is -0.338 e.